The molecule has 0 saturated heterocycles. The van der Waals surface area contributed by atoms with Crippen molar-refractivity contribution in [3.05, 3.63) is 69.2 Å². The van der Waals surface area contributed by atoms with Gasteiger partial charge in [-0.3, -0.25) is 0 Å². The van der Waals surface area contributed by atoms with Crippen LogP contribution in [-0.4, -0.2) is 17.8 Å². The lowest BCUT2D eigenvalue weighted by Gasteiger charge is -2.23. The number of aliphatic hydroxyl groups excluding tert-OH is 1. The second kappa shape index (κ2) is 7.95. The molecule has 0 saturated carbocycles. The van der Waals surface area contributed by atoms with Crippen LogP contribution in [0.1, 0.15) is 24.1 Å². The first-order chi connectivity index (χ1) is 10.1. The maximum absolute atomic E-state index is 9.59. The molecule has 0 aliphatic rings. The van der Waals surface area contributed by atoms with Gasteiger partial charge in [-0.25, -0.2) is 0 Å². The number of benzene rings is 2. The lowest BCUT2D eigenvalue weighted by atomic mass is 10.0. The van der Waals surface area contributed by atoms with E-state index < -0.39 is 0 Å². The van der Waals surface area contributed by atoms with Crippen molar-refractivity contribution in [2.24, 2.45) is 0 Å². The number of aliphatic hydroxyl groups is 1. The van der Waals surface area contributed by atoms with E-state index in [1.165, 1.54) is 5.56 Å². The van der Waals surface area contributed by atoms with Crippen LogP contribution in [0, 0.1) is 0 Å². The van der Waals surface area contributed by atoms with Crippen molar-refractivity contribution in [2.45, 2.75) is 25.4 Å². The van der Waals surface area contributed by atoms with Crippen LogP contribution in [0.15, 0.2) is 53.0 Å². The fourth-order valence-corrected chi connectivity index (χ4v) is 3.21. The van der Waals surface area contributed by atoms with E-state index in [1.807, 2.05) is 36.4 Å². The molecule has 2 aromatic rings. The fourth-order valence-electron chi connectivity index (χ4n) is 2.37. The van der Waals surface area contributed by atoms with Crippen LogP contribution in [0.2, 0.25) is 5.02 Å². The fraction of sp³-hybridized carbons (Fsp3) is 0.294. The second-order valence-electron chi connectivity index (χ2n) is 5.12. The molecule has 0 heterocycles. The molecule has 2 N–H and O–H groups in total. The summed E-state index contributed by atoms with van der Waals surface area (Å²) in [5.74, 6) is 0. The van der Waals surface area contributed by atoms with Crippen LogP contribution in [0.3, 0.4) is 0 Å². The molecule has 2 aromatic carbocycles. The smallest absolute Gasteiger partial charge is 0.0588 e. The number of hydrogen-bond acceptors (Lipinski definition) is 2. The lowest BCUT2D eigenvalue weighted by Crippen LogP contribution is -2.36. The van der Waals surface area contributed by atoms with E-state index in [2.05, 4.69) is 40.3 Å². The standard InChI is InChI=1S/C17H19BrClNO/c1-12(16-8-7-14(18)10-17(16)19)20-15(11-21)9-13-5-3-2-4-6-13/h2-8,10,12,15,20-21H,9,11H2,1H3. The SMILES string of the molecule is CC(NC(CO)Cc1ccccc1)c1ccc(Br)cc1Cl. The molecule has 0 fully saturated rings. The highest BCUT2D eigenvalue weighted by Crippen LogP contribution is 2.26. The zero-order valence-electron chi connectivity index (χ0n) is 11.9. The van der Waals surface area contributed by atoms with Gasteiger partial charge in [0, 0.05) is 21.6 Å². The van der Waals surface area contributed by atoms with Crippen LogP contribution >= 0.6 is 27.5 Å². The molecule has 4 heteroatoms. The maximum atomic E-state index is 9.59. The van der Waals surface area contributed by atoms with Gasteiger partial charge in [0.05, 0.1) is 6.61 Å². The zero-order chi connectivity index (χ0) is 15.2. The minimum absolute atomic E-state index is 0.00196. The molecule has 0 bridgehead atoms. The monoisotopic (exact) mass is 367 g/mol. The van der Waals surface area contributed by atoms with E-state index in [9.17, 15) is 5.11 Å². The van der Waals surface area contributed by atoms with E-state index >= 15 is 0 Å². The van der Waals surface area contributed by atoms with Gasteiger partial charge in [-0.1, -0.05) is 63.9 Å². The minimum atomic E-state index is 0.00196. The topological polar surface area (TPSA) is 32.3 Å². The Balaban J connectivity index is 2.04. The zero-order valence-corrected chi connectivity index (χ0v) is 14.2. The lowest BCUT2D eigenvalue weighted by molar-refractivity contribution is 0.232. The summed E-state index contributed by atoms with van der Waals surface area (Å²) in [5, 5.41) is 13.8. The predicted molar refractivity (Wildman–Crippen MR) is 91.7 cm³/mol. The normalized spacial score (nSPS) is 13.9. The van der Waals surface area contributed by atoms with Crippen LogP contribution < -0.4 is 5.32 Å². The summed E-state index contributed by atoms with van der Waals surface area (Å²) in [6.07, 6.45) is 0.788. The second-order valence-corrected chi connectivity index (χ2v) is 6.45. The van der Waals surface area contributed by atoms with Gasteiger partial charge in [0.15, 0.2) is 0 Å². The van der Waals surface area contributed by atoms with E-state index in [-0.39, 0.29) is 18.7 Å². The molecule has 2 unspecified atom stereocenters. The van der Waals surface area contributed by atoms with Gasteiger partial charge in [0.1, 0.15) is 0 Å². The van der Waals surface area contributed by atoms with Gasteiger partial charge in [0.2, 0.25) is 0 Å². The molecule has 0 radical (unpaired) electrons. The Hall–Kier alpha value is -0.870. The number of hydrogen-bond donors (Lipinski definition) is 2. The van der Waals surface area contributed by atoms with Crippen molar-refractivity contribution >= 4 is 27.5 Å². The summed E-state index contributed by atoms with van der Waals surface area (Å²) >= 11 is 9.69. The van der Waals surface area contributed by atoms with Gasteiger partial charge >= 0.3 is 0 Å². The van der Waals surface area contributed by atoms with Gasteiger partial charge in [0.25, 0.3) is 0 Å². The Kier molecular flexibility index (Phi) is 6.24. The highest BCUT2D eigenvalue weighted by molar-refractivity contribution is 9.10. The van der Waals surface area contributed by atoms with Crippen LogP contribution in [0.4, 0.5) is 0 Å². The quantitative estimate of drug-likeness (QED) is 0.794. The largest absolute Gasteiger partial charge is 0.395 e. The third kappa shape index (κ3) is 4.82. The first-order valence-electron chi connectivity index (χ1n) is 6.96. The highest BCUT2D eigenvalue weighted by Gasteiger charge is 2.15. The van der Waals surface area contributed by atoms with Gasteiger partial charge < -0.3 is 10.4 Å². The Labute approximate surface area is 139 Å². The number of halogens is 2. The summed E-state index contributed by atoms with van der Waals surface area (Å²) < 4.78 is 0.964. The third-order valence-corrected chi connectivity index (χ3v) is 4.28. The molecule has 2 rings (SSSR count). The predicted octanol–water partition coefficient (Wildman–Crippen LogP) is 4.36. The van der Waals surface area contributed by atoms with Gasteiger partial charge in [-0.2, -0.15) is 0 Å². The molecular weight excluding hydrogens is 350 g/mol. The average molecular weight is 369 g/mol. The molecular formula is C17H19BrClNO. The Bertz CT molecular complexity index is 576. The molecule has 0 aliphatic carbocycles. The number of rotatable bonds is 6. The van der Waals surface area contributed by atoms with Crippen molar-refractivity contribution in [3.63, 3.8) is 0 Å². The first kappa shape index (κ1) is 16.5. The molecule has 2 atom stereocenters. The van der Waals surface area contributed by atoms with Crippen LogP contribution in [-0.2, 0) is 6.42 Å². The van der Waals surface area contributed by atoms with Crippen molar-refractivity contribution in [3.8, 4) is 0 Å². The summed E-state index contributed by atoms with van der Waals surface area (Å²) in [7, 11) is 0. The third-order valence-electron chi connectivity index (χ3n) is 3.46. The van der Waals surface area contributed by atoms with E-state index in [0.717, 1.165) is 21.5 Å². The van der Waals surface area contributed by atoms with E-state index in [0.29, 0.717) is 0 Å². The number of nitrogens with one attached hydrogen (secondary N) is 1. The molecule has 0 spiro atoms. The van der Waals surface area contributed by atoms with Gasteiger partial charge in [-0.05, 0) is 36.6 Å². The minimum Gasteiger partial charge on any atom is -0.395 e. The highest BCUT2D eigenvalue weighted by atomic mass is 79.9. The Morgan fingerprint density at radius 3 is 2.52 bits per heavy atom. The van der Waals surface area contributed by atoms with E-state index in [1.54, 1.807) is 0 Å². The van der Waals surface area contributed by atoms with Crippen molar-refractivity contribution in [1.29, 1.82) is 0 Å². The first-order valence-corrected chi connectivity index (χ1v) is 8.13. The van der Waals surface area contributed by atoms with Crippen LogP contribution in [0.25, 0.3) is 0 Å². The van der Waals surface area contributed by atoms with E-state index in [4.69, 9.17) is 11.6 Å². The summed E-state index contributed by atoms with van der Waals surface area (Å²) in [5.41, 5.74) is 2.24. The van der Waals surface area contributed by atoms with Crippen molar-refractivity contribution in [1.82, 2.24) is 5.32 Å². The molecule has 0 aromatic heterocycles. The molecule has 0 aliphatic heterocycles. The molecule has 21 heavy (non-hydrogen) atoms. The maximum Gasteiger partial charge on any atom is 0.0588 e. The summed E-state index contributed by atoms with van der Waals surface area (Å²) in [6.45, 7) is 2.15. The Morgan fingerprint density at radius 2 is 1.90 bits per heavy atom. The summed E-state index contributed by atoms with van der Waals surface area (Å²) in [4.78, 5) is 0. The van der Waals surface area contributed by atoms with Gasteiger partial charge in [-0.15, -0.1) is 0 Å². The molecule has 0 amide bonds. The average Bonchev–Trinajstić information content (AvgIpc) is 2.47. The molecule has 2 nitrogen and oxygen atoms in total. The molecule has 112 valence electrons. The van der Waals surface area contributed by atoms with Crippen molar-refractivity contribution in [2.75, 3.05) is 6.61 Å². The van der Waals surface area contributed by atoms with Crippen molar-refractivity contribution < 1.29 is 5.11 Å². The van der Waals surface area contributed by atoms with Crippen LogP contribution in [0.5, 0.6) is 0 Å². The summed E-state index contributed by atoms with van der Waals surface area (Å²) in [6, 6.07) is 16.1. The Morgan fingerprint density at radius 1 is 1.19 bits per heavy atom.